The molecule has 2 nitrogen and oxygen atoms in total. The fraction of sp³-hybridized carbons (Fsp3) is 0.571. The second kappa shape index (κ2) is 5.28. The van der Waals surface area contributed by atoms with Crippen molar-refractivity contribution >= 4 is 17.3 Å². The van der Waals surface area contributed by atoms with Crippen LogP contribution in [-0.2, 0) is 10.6 Å². The van der Waals surface area contributed by atoms with Crippen molar-refractivity contribution in [3.8, 4) is 0 Å². The SMILES string of the molecule is Cc1cc(CCl)ccc1N(C)C1CCOC1C. The lowest BCUT2D eigenvalue weighted by molar-refractivity contribution is 0.118. The van der Waals surface area contributed by atoms with Crippen LogP contribution in [-0.4, -0.2) is 25.8 Å². The number of anilines is 1. The van der Waals surface area contributed by atoms with Crippen LogP contribution in [0.4, 0.5) is 5.69 Å². The molecule has 0 aliphatic carbocycles. The highest BCUT2D eigenvalue weighted by atomic mass is 35.5. The van der Waals surface area contributed by atoms with Gasteiger partial charge in [0.15, 0.2) is 0 Å². The molecule has 1 aromatic rings. The third kappa shape index (κ3) is 2.58. The average Bonchev–Trinajstić information content (AvgIpc) is 2.74. The van der Waals surface area contributed by atoms with E-state index >= 15 is 0 Å². The zero-order valence-electron chi connectivity index (χ0n) is 10.7. The molecule has 1 heterocycles. The molecular weight excluding hydrogens is 234 g/mol. The number of hydrogen-bond acceptors (Lipinski definition) is 2. The lowest BCUT2D eigenvalue weighted by Crippen LogP contribution is -2.37. The fourth-order valence-corrected chi connectivity index (χ4v) is 2.77. The van der Waals surface area contributed by atoms with Crippen molar-refractivity contribution in [1.29, 1.82) is 0 Å². The summed E-state index contributed by atoms with van der Waals surface area (Å²) in [4.78, 5) is 2.34. The molecule has 2 unspecified atom stereocenters. The summed E-state index contributed by atoms with van der Waals surface area (Å²) in [5, 5.41) is 0. The van der Waals surface area contributed by atoms with Crippen molar-refractivity contribution in [3.63, 3.8) is 0 Å². The van der Waals surface area contributed by atoms with E-state index in [1.54, 1.807) is 0 Å². The lowest BCUT2D eigenvalue weighted by Gasteiger charge is -2.30. The molecule has 0 radical (unpaired) electrons. The van der Waals surface area contributed by atoms with Crippen molar-refractivity contribution in [1.82, 2.24) is 0 Å². The molecule has 1 aromatic carbocycles. The number of benzene rings is 1. The van der Waals surface area contributed by atoms with Crippen LogP contribution in [0.3, 0.4) is 0 Å². The Morgan fingerprint density at radius 2 is 2.24 bits per heavy atom. The molecule has 1 saturated heterocycles. The Kier molecular flexibility index (Phi) is 3.95. The third-order valence-electron chi connectivity index (χ3n) is 3.63. The number of ether oxygens (including phenoxy) is 1. The highest BCUT2D eigenvalue weighted by molar-refractivity contribution is 6.17. The summed E-state index contributed by atoms with van der Waals surface area (Å²) in [5.41, 5.74) is 3.74. The number of alkyl halides is 1. The molecule has 0 amide bonds. The van der Waals surface area contributed by atoms with Crippen molar-refractivity contribution in [2.24, 2.45) is 0 Å². The van der Waals surface area contributed by atoms with E-state index in [1.165, 1.54) is 16.8 Å². The number of nitrogens with zero attached hydrogens (tertiary/aromatic N) is 1. The minimum Gasteiger partial charge on any atom is -0.376 e. The molecule has 2 rings (SSSR count). The van der Waals surface area contributed by atoms with Gasteiger partial charge in [0.05, 0.1) is 12.1 Å². The molecule has 94 valence electrons. The highest BCUT2D eigenvalue weighted by Crippen LogP contribution is 2.27. The first-order valence-corrected chi connectivity index (χ1v) is 6.67. The molecule has 2 atom stereocenters. The second-order valence-electron chi connectivity index (χ2n) is 4.80. The van der Waals surface area contributed by atoms with E-state index in [1.807, 2.05) is 0 Å². The zero-order chi connectivity index (χ0) is 12.4. The maximum Gasteiger partial charge on any atom is 0.0750 e. The molecule has 0 aromatic heterocycles. The minimum atomic E-state index is 0.312. The van der Waals surface area contributed by atoms with Crippen molar-refractivity contribution in [3.05, 3.63) is 29.3 Å². The van der Waals surface area contributed by atoms with Gasteiger partial charge in [-0.25, -0.2) is 0 Å². The van der Waals surface area contributed by atoms with E-state index in [2.05, 4.69) is 44.0 Å². The smallest absolute Gasteiger partial charge is 0.0750 e. The van der Waals surface area contributed by atoms with Crippen LogP contribution in [0.5, 0.6) is 0 Å². The molecule has 0 spiro atoms. The molecule has 3 heteroatoms. The Labute approximate surface area is 109 Å². The van der Waals surface area contributed by atoms with E-state index in [0.717, 1.165) is 13.0 Å². The molecule has 1 aliphatic rings. The van der Waals surface area contributed by atoms with Gasteiger partial charge in [-0.1, -0.05) is 12.1 Å². The average molecular weight is 254 g/mol. The summed E-state index contributed by atoms with van der Waals surface area (Å²) in [7, 11) is 2.15. The maximum atomic E-state index is 5.85. The van der Waals surface area contributed by atoms with Crippen LogP contribution in [0.2, 0.25) is 0 Å². The first-order chi connectivity index (χ1) is 8.13. The van der Waals surface area contributed by atoms with E-state index < -0.39 is 0 Å². The van der Waals surface area contributed by atoms with E-state index in [-0.39, 0.29) is 0 Å². The monoisotopic (exact) mass is 253 g/mol. The number of halogens is 1. The Balaban J connectivity index is 2.21. The summed E-state index contributed by atoms with van der Waals surface area (Å²) in [6.45, 7) is 5.16. The van der Waals surface area contributed by atoms with Crippen LogP contribution in [0.25, 0.3) is 0 Å². The molecule has 1 aliphatic heterocycles. The van der Waals surface area contributed by atoms with Gasteiger partial charge in [0.25, 0.3) is 0 Å². The standard InChI is InChI=1S/C14H20ClNO/c1-10-8-12(9-15)4-5-13(10)16(3)14-6-7-17-11(14)2/h4-5,8,11,14H,6-7,9H2,1-3H3. The topological polar surface area (TPSA) is 12.5 Å². The minimum absolute atomic E-state index is 0.312. The molecular formula is C14H20ClNO. The number of aryl methyl sites for hydroxylation is 1. The highest BCUT2D eigenvalue weighted by Gasteiger charge is 2.28. The van der Waals surface area contributed by atoms with Crippen molar-refractivity contribution in [2.75, 3.05) is 18.6 Å². The Morgan fingerprint density at radius 1 is 1.47 bits per heavy atom. The third-order valence-corrected chi connectivity index (χ3v) is 3.94. The van der Waals surface area contributed by atoms with E-state index in [4.69, 9.17) is 16.3 Å². The van der Waals surface area contributed by atoms with Crippen LogP contribution < -0.4 is 4.90 Å². The Morgan fingerprint density at radius 3 is 2.76 bits per heavy atom. The largest absolute Gasteiger partial charge is 0.376 e. The van der Waals surface area contributed by atoms with Crippen LogP contribution >= 0.6 is 11.6 Å². The zero-order valence-corrected chi connectivity index (χ0v) is 11.5. The van der Waals surface area contributed by atoms with Crippen LogP contribution in [0.1, 0.15) is 24.5 Å². The normalized spacial score (nSPS) is 24.0. The predicted octanol–water partition coefficient (Wildman–Crippen LogP) is 3.35. The first-order valence-electron chi connectivity index (χ1n) is 6.13. The van der Waals surface area contributed by atoms with Gasteiger partial charge in [0.2, 0.25) is 0 Å². The maximum absolute atomic E-state index is 5.85. The Bertz CT molecular complexity index is 394. The molecule has 17 heavy (non-hydrogen) atoms. The van der Waals surface area contributed by atoms with Crippen molar-refractivity contribution in [2.45, 2.75) is 38.3 Å². The quantitative estimate of drug-likeness (QED) is 0.766. The molecule has 0 N–H and O–H groups in total. The fourth-order valence-electron chi connectivity index (χ4n) is 2.60. The van der Waals surface area contributed by atoms with Gasteiger partial charge in [-0.2, -0.15) is 0 Å². The lowest BCUT2D eigenvalue weighted by atomic mass is 10.1. The number of hydrogen-bond donors (Lipinski definition) is 0. The summed E-state index contributed by atoms with van der Waals surface area (Å²) in [5.74, 6) is 0.577. The number of rotatable bonds is 3. The first kappa shape index (κ1) is 12.7. The summed E-state index contributed by atoms with van der Waals surface area (Å²) in [6.07, 6.45) is 1.42. The van der Waals surface area contributed by atoms with E-state index in [9.17, 15) is 0 Å². The van der Waals surface area contributed by atoms with Gasteiger partial charge in [-0.15, -0.1) is 11.6 Å². The van der Waals surface area contributed by atoms with Crippen LogP contribution in [0.15, 0.2) is 18.2 Å². The number of likely N-dealkylation sites (N-methyl/N-ethyl adjacent to an activating group) is 1. The molecule has 0 saturated carbocycles. The summed E-state index contributed by atoms with van der Waals surface area (Å²) < 4.78 is 5.63. The van der Waals surface area contributed by atoms with Gasteiger partial charge >= 0.3 is 0 Å². The van der Waals surface area contributed by atoms with Crippen LogP contribution in [0, 0.1) is 6.92 Å². The van der Waals surface area contributed by atoms with Gasteiger partial charge in [-0.3, -0.25) is 0 Å². The summed E-state index contributed by atoms with van der Waals surface area (Å²) in [6, 6.07) is 6.92. The second-order valence-corrected chi connectivity index (χ2v) is 5.06. The van der Waals surface area contributed by atoms with Gasteiger partial charge < -0.3 is 9.64 Å². The van der Waals surface area contributed by atoms with Gasteiger partial charge in [0.1, 0.15) is 0 Å². The molecule has 0 bridgehead atoms. The van der Waals surface area contributed by atoms with Gasteiger partial charge in [-0.05, 0) is 37.5 Å². The Hall–Kier alpha value is -0.730. The summed E-state index contributed by atoms with van der Waals surface area (Å²) >= 11 is 5.85. The predicted molar refractivity (Wildman–Crippen MR) is 73.0 cm³/mol. The van der Waals surface area contributed by atoms with E-state index in [0.29, 0.717) is 18.0 Å². The molecule has 1 fully saturated rings. The van der Waals surface area contributed by atoms with Gasteiger partial charge in [0, 0.05) is 25.2 Å². The van der Waals surface area contributed by atoms with Crippen molar-refractivity contribution < 1.29 is 4.74 Å².